The highest BCUT2D eigenvalue weighted by molar-refractivity contribution is 7.07. The molecule has 1 unspecified atom stereocenters. The quantitative estimate of drug-likeness (QED) is 0.282. The number of methoxy groups -OCH3 is 1. The zero-order valence-corrected chi connectivity index (χ0v) is 24.5. The number of hydrogen-bond acceptors (Lipinski definition) is 10. The van der Waals surface area contributed by atoms with E-state index >= 15 is 0 Å². The van der Waals surface area contributed by atoms with E-state index in [2.05, 4.69) is 0 Å². The summed E-state index contributed by atoms with van der Waals surface area (Å²) in [7, 11) is 1.44. The SMILES string of the molecule is CCOC(=O)C1=C(c2ccccc2)N=c2s/c(=C/c3ccc(OCC(=O)O)c(OC)c3)c(=O)n2C1c1ccc2c(c1)OCO2. The Balaban J connectivity index is 1.56. The largest absolute Gasteiger partial charge is 0.493 e. The molecular weight excluding hydrogens is 588 g/mol. The molecular formula is C32H26N2O9S. The Morgan fingerprint density at radius 3 is 2.61 bits per heavy atom. The molecule has 0 bridgehead atoms. The first-order valence-electron chi connectivity index (χ1n) is 13.6. The van der Waals surface area contributed by atoms with Crippen molar-refractivity contribution in [1.29, 1.82) is 0 Å². The third-order valence-corrected chi connectivity index (χ3v) is 7.91. The maximum Gasteiger partial charge on any atom is 0.341 e. The van der Waals surface area contributed by atoms with Crippen molar-refractivity contribution in [3.8, 4) is 23.0 Å². The minimum Gasteiger partial charge on any atom is -0.493 e. The molecule has 6 rings (SSSR count). The second-order valence-corrected chi connectivity index (χ2v) is 10.6. The molecule has 2 aliphatic heterocycles. The number of hydrogen-bond donors (Lipinski definition) is 1. The maximum atomic E-state index is 14.1. The number of carboxylic acid groups (broad SMARTS) is 1. The predicted molar refractivity (Wildman–Crippen MR) is 160 cm³/mol. The van der Waals surface area contributed by atoms with Gasteiger partial charge in [0.15, 0.2) is 34.4 Å². The van der Waals surface area contributed by atoms with E-state index in [-0.39, 0.29) is 30.3 Å². The van der Waals surface area contributed by atoms with Crippen LogP contribution in [-0.4, -0.2) is 48.7 Å². The van der Waals surface area contributed by atoms with Crippen molar-refractivity contribution in [2.75, 3.05) is 27.1 Å². The second kappa shape index (κ2) is 12.1. The summed E-state index contributed by atoms with van der Waals surface area (Å²) in [5.41, 5.74) is 2.19. The van der Waals surface area contributed by atoms with Crippen LogP contribution in [0.4, 0.5) is 0 Å². The number of ether oxygens (including phenoxy) is 5. The van der Waals surface area contributed by atoms with E-state index in [1.807, 2.05) is 30.3 Å². The molecule has 0 amide bonds. The summed E-state index contributed by atoms with van der Waals surface area (Å²) in [5, 5.41) is 8.96. The molecule has 1 atom stereocenters. The number of carbonyl (C=O) groups is 2. The van der Waals surface area contributed by atoms with E-state index in [0.29, 0.717) is 49.0 Å². The first kappa shape index (κ1) is 28.7. The van der Waals surface area contributed by atoms with Crippen LogP contribution in [0.3, 0.4) is 0 Å². The zero-order valence-electron chi connectivity index (χ0n) is 23.6. The fraction of sp³-hybridized carbons (Fsp3) is 0.188. The van der Waals surface area contributed by atoms with E-state index in [0.717, 1.165) is 0 Å². The molecule has 4 aromatic rings. The Bertz CT molecular complexity index is 1980. The number of esters is 1. The number of thiazole rings is 1. The topological polar surface area (TPSA) is 135 Å². The molecule has 3 heterocycles. The Morgan fingerprint density at radius 1 is 1.07 bits per heavy atom. The number of fused-ring (bicyclic) bond motifs is 2. The molecule has 0 saturated heterocycles. The van der Waals surface area contributed by atoms with Crippen molar-refractivity contribution in [3.05, 3.63) is 109 Å². The van der Waals surface area contributed by atoms with Crippen molar-refractivity contribution in [2.45, 2.75) is 13.0 Å². The van der Waals surface area contributed by atoms with Gasteiger partial charge in [0.1, 0.15) is 0 Å². The normalized spacial score (nSPS) is 15.4. The van der Waals surface area contributed by atoms with Crippen LogP contribution in [0, 0.1) is 0 Å². The van der Waals surface area contributed by atoms with Gasteiger partial charge >= 0.3 is 11.9 Å². The van der Waals surface area contributed by atoms with Crippen LogP contribution in [-0.2, 0) is 14.3 Å². The van der Waals surface area contributed by atoms with Crippen molar-refractivity contribution in [2.24, 2.45) is 4.99 Å². The third kappa shape index (κ3) is 5.42. The summed E-state index contributed by atoms with van der Waals surface area (Å²) in [4.78, 5) is 44.0. The summed E-state index contributed by atoms with van der Waals surface area (Å²) in [6.45, 7) is 1.40. The van der Waals surface area contributed by atoms with Gasteiger partial charge in [-0.15, -0.1) is 0 Å². The van der Waals surface area contributed by atoms with Crippen LogP contribution >= 0.6 is 11.3 Å². The van der Waals surface area contributed by atoms with Crippen LogP contribution in [0.25, 0.3) is 11.8 Å². The van der Waals surface area contributed by atoms with Crippen molar-refractivity contribution in [1.82, 2.24) is 4.57 Å². The summed E-state index contributed by atoms with van der Waals surface area (Å²) >= 11 is 1.17. The van der Waals surface area contributed by atoms with Gasteiger partial charge in [-0.05, 0) is 48.4 Å². The molecule has 12 heteroatoms. The number of carboxylic acids is 1. The van der Waals surface area contributed by atoms with Crippen LogP contribution in [0.2, 0.25) is 0 Å². The van der Waals surface area contributed by atoms with Crippen LogP contribution in [0.5, 0.6) is 23.0 Å². The monoisotopic (exact) mass is 614 g/mol. The lowest BCUT2D eigenvalue weighted by molar-refractivity contribution is -0.140. The van der Waals surface area contributed by atoms with Crippen LogP contribution in [0.1, 0.15) is 29.7 Å². The lowest BCUT2D eigenvalue weighted by atomic mass is 9.93. The van der Waals surface area contributed by atoms with Gasteiger partial charge in [-0.2, -0.15) is 0 Å². The second-order valence-electron chi connectivity index (χ2n) is 9.64. The van der Waals surface area contributed by atoms with Gasteiger partial charge in [-0.25, -0.2) is 14.6 Å². The van der Waals surface area contributed by atoms with Gasteiger partial charge < -0.3 is 28.8 Å². The standard InChI is InChI=1S/C32H26N2O9S/c1-3-40-31(38)27-28(19-7-5-4-6-8-19)33-32-34(29(27)20-10-12-22-24(15-20)43-17-42-22)30(37)25(44-32)14-18-9-11-21(23(13-18)39-2)41-16-26(35)36/h4-15,29H,3,16-17H2,1-2H3,(H,35,36)/b25-14+. The molecule has 1 aromatic heterocycles. The molecule has 11 nitrogen and oxygen atoms in total. The number of nitrogens with zero attached hydrogens (tertiary/aromatic N) is 2. The lowest BCUT2D eigenvalue weighted by Gasteiger charge is -2.26. The van der Waals surface area contributed by atoms with Gasteiger partial charge in [-0.1, -0.05) is 53.8 Å². The van der Waals surface area contributed by atoms with E-state index < -0.39 is 24.6 Å². The highest BCUT2D eigenvalue weighted by Gasteiger charge is 2.36. The Morgan fingerprint density at radius 2 is 1.86 bits per heavy atom. The zero-order chi connectivity index (χ0) is 30.8. The van der Waals surface area contributed by atoms with Gasteiger partial charge in [0.25, 0.3) is 5.56 Å². The Hall–Kier alpha value is -5.36. The van der Waals surface area contributed by atoms with E-state index in [1.165, 1.54) is 23.0 Å². The molecule has 224 valence electrons. The third-order valence-electron chi connectivity index (χ3n) is 6.92. The molecule has 0 radical (unpaired) electrons. The highest BCUT2D eigenvalue weighted by Crippen LogP contribution is 2.40. The minimum absolute atomic E-state index is 0.0704. The lowest BCUT2D eigenvalue weighted by Crippen LogP contribution is -2.40. The molecule has 0 saturated carbocycles. The van der Waals surface area contributed by atoms with Gasteiger partial charge in [0.05, 0.1) is 35.6 Å². The average Bonchev–Trinajstić information content (AvgIpc) is 3.63. The van der Waals surface area contributed by atoms with E-state index in [4.69, 9.17) is 33.8 Å². The van der Waals surface area contributed by atoms with Crippen LogP contribution in [0.15, 0.2) is 82.1 Å². The molecule has 3 aromatic carbocycles. The fourth-order valence-corrected chi connectivity index (χ4v) is 6.02. The molecule has 44 heavy (non-hydrogen) atoms. The first-order chi connectivity index (χ1) is 21.4. The Kier molecular flexibility index (Phi) is 7.90. The molecule has 0 aliphatic carbocycles. The van der Waals surface area contributed by atoms with Crippen molar-refractivity contribution < 1.29 is 38.4 Å². The predicted octanol–water partition coefficient (Wildman–Crippen LogP) is 3.14. The minimum atomic E-state index is -1.12. The van der Waals surface area contributed by atoms with Gasteiger partial charge in [0.2, 0.25) is 6.79 Å². The molecule has 0 spiro atoms. The number of aliphatic carboxylic acids is 1. The smallest absolute Gasteiger partial charge is 0.341 e. The number of benzene rings is 3. The fourth-order valence-electron chi connectivity index (χ4n) is 5.02. The maximum absolute atomic E-state index is 14.1. The summed E-state index contributed by atoms with van der Waals surface area (Å²) in [5.74, 6) is -0.0795. The van der Waals surface area contributed by atoms with Crippen molar-refractivity contribution in [3.63, 3.8) is 0 Å². The first-order valence-corrected chi connectivity index (χ1v) is 14.4. The van der Waals surface area contributed by atoms with Gasteiger partial charge in [-0.3, -0.25) is 9.36 Å². The number of aromatic nitrogens is 1. The highest BCUT2D eigenvalue weighted by atomic mass is 32.1. The van der Waals surface area contributed by atoms with Gasteiger partial charge in [0, 0.05) is 5.56 Å². The molecule has 1 N–H and O–H groups in total. The summed E-state index contributed by atoms with van der Waals surface area (Å²) in [6.07, 6.45) is 1.68. The van der Waals surface area contributed by atoms with E-state index in [1.54, 1.807) is 49.4 Å². The number of carbonyl (C=O) groups excluding carboxylic acids is 1. The average molecular weight is 615 g/mol. The van der Waals surface area contributed by atoms with Crippen LogP contribution < -0.4 is 33.8 Å². The summed E-state index contributed by atoms with van der Waals surface area (Å²) < 4.78 is 29.2. The van der Waals surface area contributed by atoms with Crippen molar-refractivity contribution >= 4 is 35.0 Å². The molecule has 2 aliphatic rings. The Labute approximate surface area is 254 Å². The van der Waals surface area contributed by atoms with E-state index in [9.17, 15) is 14.4 Å². The molecule has 0 fully saturated rings. The summed E-state index contributed by atoms with van der Waals surface area (Å²) in [6, 6.07) is 18.6. The number of rotatable bonds is 9.